The highest BCUT2D eigenvalue weighted by molar-refractivity contribution is 6.30. The Morgan fingerprint density at radius 3 is 2.86 bits per heavy atom. The van der Waals surface area contributed by atoms with Gasteiger partial charge in [-0.3, -0.25) is 0 Å². The molecule has 152 valence electrons. The van der Waals surface area contributed by atoms with Crippen LogP contribution in [0.25, 0.3) is 11.5 Å². The van der Waals surface area contributed by atoms with E-state index in [1.54, 1.807) is 7.11 Å². The maximum Gasteiger partial charge on any atom is 0.257 e. The molecule has 1 aliphatic rings. The summed E-state index contributed by atoms with van der Waals surface area (Å²) < 4.78 is 10.9. The van der Waals surface area contributed by atoms with Gasteiger partial charge in [-0.15, -0.1) is 0 Å². The third-order valence-electron chi connectivity index (χ3n) is 5.62. The van der Waals surface area contributed by atoms with Gasteiger partial charge in [0.1, 0.15) is 0 Å². The maximum atomic E-state index is 6.24. The second kappa shape index (κ2) is 9.08. The van der Waals surface area contributed by atoms with Crippen LogP contribution in [0.2, 0.25) is 5.02 Å². The monoisotopic (exact) mass is 411 g/mol. The van der Waals surface area contributed by atoms with Gasteiger partial charge in [-0.25, -0.2) is 0 Å². The molecule has 1 aromatic heterocycles. The molecular formula is C23H26ClN3O2. The number of ether oxygens (including phenoxy) is 1. The van der Waals surface area contributed by atoms with E-state index in [0.717, 1.165) is 43.2 Å². The van der Waals surface area contributed by atoms with Crippen LogP contribution in [-0.2, 0) is 11.2 Å². The Labute approximate surface area is 176 Å². The molecular weight excluding hydrogens is 386 g/mol. The van der Waals surface area contributed by atoms with Gasteiger partial charge >= 0.3 is 0 Å². The van der Waals surface area contributed by atoms with Gasteiger partial charge in [0.05, 0.1) is 0 Å². The quantitative estimate of drug-likeness (QED) is 0.535. The van der Waals surface area contributed by atoms with E-state index in [9.17, 15) is 0 Å². The van der Waals surface area contributed by atoms with Crippen molar-refractivity contribution >= 4 is 11.6 Å². The number of hydrogen-bond acceptors (Lipinski definition) is 5. The second-order valence-corrected chi connectivity index (χ2v) is 8.05. The summed E-state index contributed by atoms with van der Waals surface area (Å²) in [6.07, 6.45) is 4.98. The Hall–Kier alpha value is -2.21. The van der Waals surface area contributed by atoms with E-state index in [1.807, 2.05) is 30.3 Å². The lowest BCUT2D eigenvalue weighted by Gasteiger charge is -2.22. The molecule has 2 unspecified atom stereocenters. The van der Waals surface area contributed by atoms with E-state index < -0.39 is 0 Å². The first-order valence-corrected chi connectivity index (χ1v) is 10.5. The van der Waals surface area contributed by atoms with E-state index in [2.05, 4.69) is 17.3 Å². The van der Waals surface area contributed by atoms with Crippen LogP contribution in [0.15, 0.2) is 47.0 Å². The number of methoxy groups -OCH3 is 1. The second-order valence-electron chi connectivity index (χ2n) is 7.61. The summed E-state index contributed by atoms with van der Waals surface area (Å²) in [6, 6.07) is 14.3. The molecule has 2 N–H and O–H groups in total. The molecule has 0 bridgehead atoms. The van der Waals surface area contributed by atoms with E-state index >= 15 is 0 Å². The molecule has 0 saturated heterocycles. The smallest absolute Gasteiger partial charge is 0.257 e. The molecule has 4 rings (SSSR count). The predicted molar refractivity (Wildman–Crippen MR) is 114 cm³/mol. The Kier molecular flexibility index (Phi) is 6.28. The molecule has 0 fully saturated rings. The minimum absolute atomic E-state index is 0.0333. The van der Waals surface area contributed by atoms with Crippen molar-refractivity contribution in [1.82, 2.24) is 10.1 Å². The van der Waals surface area contributed by atoms with Gasteiger partial charge in [-0.1, -0.05) is 35.0 Å². The molecule has 0 aliphatic heterocycles. The van der Waals surface area contributed by atoms with Crippen LogP contribution in [0.1, 0.15) is 60.2 Å². The highest BCUT2D eigenvalue weighted by atomic mass is 35.5. The lowest BCUT2D eigenvalue weighted by atomic mass is 9.87. The van der Waals surface area contributed by atoms with E-state index in [-0.39, 0.29) is 12.0 Å². The molecule has 0 saturated carbocycles. The Morgan fingerprint density at radius 2 is 2.07 bits per heavy atom. The number of halogens is 1. The molecule has 3 aromatic rings. The fourth-order valence-corrected chi connectivity index (χ4v) is 4.18. The third-order valence-corrected chi connectivity index (χ3v) is 5.87. The molecule has 0 amide bonds. The SMILES string of the molecule is COCCCC(c1ccc(Cl)cc1)c1noc(-c2ccc3c(c2)CCCC3N)n1. The van der Waals surface area contributed by atoms with Crippen LogP contribution in [-0.4, -0.2) is 23.9 Å². The number of hydrogen-bond donors (Lipinski definition) is 1. The third kappa shape index (κ3) is 4.53. The molecule has 5 nitrogen and oxygen atoms in total. The van der Waals surface area contributed by atoms with Crippen molar-refractivity contribution in [2.45, 2.75) is 44.1 Å². The largest absolute Gasteiger partial charge is 0.385 e. The first-order valence-electron chi connectivity index (χ1n) is 10.1. The van der Waals surface area contributed by atoms with Crippen molar-refractivity contribution in [2.75, 3.05) is 13.7 Å². The number of benzene rings is 2. The first-order chi connectivity index (χ1) is 14.2. The van der Waals surface area contributed by atoms with Crippen LogP contribution in [0.4, 0.5) is 0 Å². The van der Waals surface area contributed by atoms with Gasteiger partial charge in [0.2, 0.25) is 0 Å². The summed E-state index contributed by atoms with van der Waals surface area (Å²) in [6.45, 7) is 0.694. The highest BCUT2D eigenvalue weighted by Crippen LogP contribution is 2.33. The number of rotatable bonds is 7. The molecule has 0 spiro atoms. The minimum atomic E-state index is 0.0333. The van der Waals surface area contributed by atoms with Gasteiger partial charge < -0.3 is 15.0 Å². The summed E-state index contributed by atoms with van der Waals surface area (Å²) in [5.74, 6) is 1.27. The molecule has 2 aromatic carbocycles. The van der Waals surface area contributed by atoms with Crippen molar-refractivity contribution in [3.63, 3.8) is 0 Å². The van der Waals surface area contributed by atoms with Crippen LogP contribution >= 0.6 is 11.6 Å². The van der Waals surface area contributed by atoms with Crippen LogP contribution in [0, 0.1) is 0 Å². The molecule has 1 heterocycles. The van der Waals surface area contributed by atoms with Gasteiger partial charge in [0.15, 0.2) is 5.82 Å². The highest BCUT2D eigenvalue weighted by Gasteiger charge is 2.22. The van der Waals surface area contributed by atoms with Crippen molar-refractivity contribution in [1.29, 1.82) is 0 Å². The average molecular weight is 412 g/mol. The lowest BCUT2D eigenvalue weighted by molar-refractivity contribution is 0.191. The normalized spacial score (nSPS) is 17.1. The minimum Gasteiger partial charge on any atom is -0.385 e. The topological polar surface area (TPSA) is 74.2 Å². The maximum absolute atomic E-state index is 6.24. The summed E-state index contributed by atoms with van der Waals surface area (Å²) in [5.41, 5.74) is 10.8. The molecule has 2 atom stereocenters. The van der Waals surface area contributed by atoms with Gasteiger partial charge in [-0.2, -0.15) is 4.98 Å². The Morgan fingerprint density at radius 1 is 1.24 bits per heavy atom. The van der Waals surface area contributed by atoms with Crippen LogP contribution < -0.4 is 5.73 Å². The van der Waals surface area contributed by atoms with Gasteiger partial charge in [0.25, 0.3) is 5.89 Å². The summed E-state index contributed by atoms with van der Waals surface area (Å²) >= 11 is 6.06. The molecule has 29 heavy (non-hydrogen) atoms. The van der Waals surface area contributed by atoms with Gasteiger partial charge in [0, 0.05) is 36.3 Å². The Balaban J connectivity index is 1.62. The van der Waals surface area contributed by atoms with Crippen LogP contribution in [0.5, 0.6) is 0 Å². The zero-order valence-electron chi connectivity index (χ0n) is 16.6. The number of fused-ring (bicyclic) bond motifs is 1. The van der Waals surface area contributed by atoms with Crippen LogP contribution in [0.3, 0.4) is 0 Å². The zero-order chi connectivity index (χ0) is 20.2. The van der Waals surface area contributed by atoms with Crippen molar-refractivity contribution in [3.8, 4) is 11.5 Å². The van der Waals surface area contributed by atoms with Crippen molar-refractivity contribution < 1.29 is 9.26 Å². The summed E-state index contributed by atoms with van der Waals surface area (Å²) in [4.78, 5) is 4.74. The number of aryl methyl sites for hydroxylation is 1. The number of aromatic nitrogens is 2. The standard InChI is InChI=1S/C23H26ClN3O2/c1-28-13-3-5-20(15-7-10-18(24)11-8-15)22-26-23(29-27-22)17-9-12-19-16(14-17)4-2-6-21(19)25/h7-12,14,20-21H,2-6,13,25H2,1H3. The number of nitrogens with zero attached hydrogens (tertiary/aromatic N) is 2. The molecule has 6 heteroatoms. The Bertz CT molecular complexity index is 955. The fourth-order valence-electron chi connectivity index (χ4n) is 4.05. The first kappa shape index (κ1) is 20.1. The predicted octanol–water partition coefficient (Wildman–Crippen LogP) is 5.28. The summed E-state index contributed by atoms with van der Waals surface area (Å²) in [5, 5.41) is 5.03. The van der Waals surface area contributed by atoms with Gasteiger partial charge in [-0.05, 0) is 73.1 Å². The van der Waals surface area contributed by atoms with E-state index in [0.29, 0.717) is 23.3 Å². The number of nitrogens with two attached hydrogens (primary N) is 1. The van der Waals surface area contributed by atoms with Crippen molar-refractivity contribution in [2.24, 2.45) is 5.73 Å². The lowest BCUT2D eigenvalue weighted by Crippen LogP contribution is -2.17. The van der Waals surface area contributed by atoms with Crippen molar-refractivity contribution in [3.05, 3.63) is 70.0 Å². The fraction of sp³-hybridized carbons (Fsp3) is 0.391. The molecule has 0 radical (unpaired) electrons. The van der Waals surface area contributed by atoms with E-state index in [4.69, 9.17) is 31.6 Å². The zero-order valence-corrected chi connectivity index (χ0v) is 17.4. The molecule has 1 aliphatic carbocycles. The van der Waals surface area contributed by atoms with E-state index in [1.165, 1.54) is 11.1 Å². The average Bonchev–Trinajstić information content (AvgIpc) is 3.22. The summed E-state index contributed by atoms with van der Waals surface area (Å²) in [7, 11) is 1.71.